The van der Waals surface area contributed by atoms with Crippen LogP contribution in [0.15, 0.2) is 34.7 Å². The van der Waals surface area contributed by atoms with Crippen molar-refractivity contribution in [3.63, 3.8) is 0 Å². The number of amides is 1. The Balaban J connectivity index is 0.00000200. The topological polar surface area (TPSA) is 59.5 Å². The number of halogens is 1. The summed E-state index contributed by atoms with van der Waals surface area (Å²) in [4.78, 5) is 14.0. The van der Waals surface area contributed by atoms with E-state index in [1.807, 2.05) is 38.1 Å². The van der Waals surface area contributed by atoms with Crippen LogP contribution in [0.25, 0.3) is 11.0 Å². The van der Waals surface area contributed by atoms with E-state index < -0.39 is 0 Å². The lowest BCUT2D eigenvalue weighted by molar-refractivity contribution is 0.0711. The molecule has 0 bridgehead atoms. The highest BCUT2D eigenvalue weighted by atomic mass is 35.5. The quantitative estimate of drug-likeness (QED) is 0.944. The van der Waals surface area contributed by atoms with Crippen molar-refractivity contribution < 1.29 is 9.21 Å². The molecule has 1 heterocycles. The average molecular weight is 297 g/mol. The molecule has 0 saturated carbocycles. The molecule has 0 aliphatic heterocycles. The number of carbonyl (C=O) groups is 1. The molecular weight excluding hydrogens is 276 g/mol. The van der Waals surface area contributed by atoms with Gasteiger partial charge in [-0.25, -0.2) is 0 Å². The average Bonchev–Trinajstić information content (AvgIpc) is 2.81. The van der Waals surface area contributed by atoms with Gasteiger partial charge < -0.3 is 15.1 Å². The first-order valence-electron chi connectivity index (χ1n) is 6.37. The summed E-state index contributed by atoms with van der Waals surface area (Å²) in [5, 5.41) is 0.942. The molecule has 1 aromatic carbocycles. The van der Waals surface area contributed by atoms with Crippen molar-refractivity contribution in [1.29, 1.82) is 0 Å². The van der Waals surface area contributed by atoms with Crippen LogP contribution in [-0.2, 0) is 0 Å². The molecule has 0 unspecified atom stereocenters. The van der Waals surface area contributed by atoms with E-state index in [0.29, 0.717) is 18.8 Å². The van der Waals surface area contributed by atoms with E-state index in [1.165, 1.54) is 0 Å². The predicted octanol–water partition coefficient (Wildman–Crippen LogP) is 2.91. The first-order valence-corrected chi connectivity index (χ1v) is 6.37. The number of nitrogens with zero attached hydrogens (tertiary/aromatic N) is 1. The second kappa shape index (κ2) is 6.29. The molecule has 2 N–H and O–H groups in total. The third-order valence-electron chi connectivity index (χ3n) is 3.20. The lowest BCUT2D eigenvalue weighted by atomic mass is 9.93. The van der Waals surface area contributed by atoms with Gasteiger partial charge in [0.2, 0.25) is 0 Å². The number of benzene rings is 1. The van der Waals surface area contributed by atoms with Crippen molar-refractivity contribution in [3.05, 3.63) is 36.1 Å². The Bertz CT molecular complexity index is 559. The van der Waals surface area contributed by atoms with Crippen LogP contribution in [0.1, 0.15) is 24.4 Å². The molecule has 1 aromatic heterocycles. The standard InChI is InChI=1S/C15H20N2O2.ClH/c1-15(2,9-16)10-17(3)14(18)13-8-11-6-4-5-7-12(11)19-13;/h4-8H,9-10,16H2,1-3H3;1H. The van der Waals surface area contributed by atoms with Gasteiger partial charge in [0.05, 0.1) is 0 Å². The second-order valence-corrected chi connectivity index (χ2v) is 5.68. The summed E-state index contributed by atoms with van der Waals surface area (Å²) >= 11 is 0. The zero-order valence-corrected chi connectivity index (χ0v) is 12.9. The summed E-state index contributed by atoms with van der Waals surface area (Å²) in [7, 11) is 1.77. The van der Waals surface area contributed by atoms with Crippen molar-refractivity contribution in [2.24, 2.45) is 11.1 Å². The maximum Gasteiger partial charge on any atom is 0.289 e. The monoisotopic (exact) mass is 296 g/mol. The molecular formula is C15H21ClN2O2. The fraction of sp³-hybridized carbons (Fsp3) is 0.400. The SMILES string of the molecule is CN(CC(C)(C)CN)C(=O)c1cc2ccccc2o1.Cl. The van der Waals surface area contributed by atoms with Crippen molar-refractivity contribution in [2.75, 3.05) is 20.1 Å². The first-order chi connectivity index (χ1) is 8.93. The first kappa shape index (κ1) is 16.5. The zero-order valence-electron chi connectivity index (χ0n) is 12.1. The number of furan rings is 1. The number of carbonyl (C=O) groups excluding carboxylic acids is 1. The molecule has 0 saturated heterocycles. The molecule has 110 valence electrons. The van der Waals surface area contributed by atoms with E-state index in [2.05, 4.69) is 0 Å². The van der Waals surface area contributed by atoms with Gasteiger partial charge >= 0.3 is 0 Å². The van der Waals surface area contributed by atoms with Gasteiger partial charge in [0.1, 0.15) is 5.58 Å². The van der Waals surface area contributed by atoms with E-state index in [9.17, 15) is 4.79 Å². The highest BCUT2D eigenvalue weighted by Crippen LogP contribution is 2.21. The van der Waals surface area contributed by atoms with Gasteiger partial charge in [-0.2, -0.15) is 0 Å². The summed E-state index contributed by atoms with van der Waals surface area (Å²) in [6.07, 6.45) is 0. The summed E-state index contributed by atoms with van der Waals surface area (Å²) in [5.41, 5.74) is 6.33. The van der Waals surface area contributed by atoms with Crippen LogP contribution in [0.4, 0.5) is 0 Å². The van der Waals surface area contributed by atoms with Crippen LogP contribution in [0, 0.1) is 5.41 Å². The van der Waals surface area contributed by atoms with Crippen LogP contribution in [0.2, 0.25) is 0 Å². The van der Waals surface area contributed by atoms with Crippen molar-refractivity contribution in [2.45, 2.75) is 13.8 Å². The second-order valence-electron chi connectivity index (χ2n) is 5.68. The number of rotatable bonds is 4. The van der Waals surface area contributed by atoms with Gasteiger partial charge in [-0.3, -0.25) is 4.79 Å². The van der Waals surface area contributed by atoms with E-state index >= 15 is 0 Å². The lowest BCUT2D eigenvalue weighted by Crippen LogP contribution is -2.39. The number of hydrogen-bond acceptors (Lipinski definition) is 3. The maximum absolute atomic E-state index is 12.3. The van der Waals surface area contributed by atoms with Crippen LogP contribution >= 0.6 is 12.4 Å². The molecule has 1 amide bonds. The number of para-hydroxylation sites is 1. The van der Waals surface area contributed by atoms with Crippen LogP contribution in [-0.4, -0.2) is 30.9 Å². The molecule has 0 aliphatic carbocycles. The summed E-state index contributed by atoms with van der Waals surface area (Å²) in [5.74, 6) is 0.259. The molecule has 2 aromatic rings. The van der Waals surface area contributed by atoms with Crippen molar-refractivity contribution in [1.82, 2.24) is 4.90 Å². The number of nitrogens with two attached hydrogens (primary N) is 1. The predicted molar refractivity (Wildman–Crippen MR) is 83.3 cm³/mol. The molecule has 5 heteroatoms. The van der Waals surface area contributed by atoms with Gasteiger partial charge in [0, 0.05) is 19.0 Å². The molecule has 20 heavy (non-hydrogen) atoms. The largest absolute Gasteiger partial charge is 0.451 e. The minimum absolute atomic E-state index is 0. The molecule has 0 radical (unpaired) electrons. The van der Waals surface area contributed by atoms with Crippen molar-refractivity contribution in [3.8, 4) is 0 Å². The van der Waals surface area contributed by atoms with Gasteiger partial charge in [0.15, 0.2) is 5.76 Å². The van der Waals surface area contributed by atoms with Gasteiger partial charge in [-0.05, 0) is 24.1 Å². The number of hydrogen-bond donors (Lipinski definition) is 1. The molecule has 0 atom stereocenters. The molecule has 0 spiro atoms. The Morgan fingerprint density at radius 2 is 2.00 bits per heavy atom. The highest BCUT2D eigenvalue weighted by molar-refractivity contribution is 5.95. The van der Waals surface area contributed by atoms with E-state index in [0.717, 1.165) is 11.0 Å². The van der Waals surface area contributed by atoms with E-state index in [-0.39, 0.29) is 23.7 Å². The molecule has 0 aliphatic rings. The zero-order chi connectivity index (χ0) is 14.0. The third kappa shape index (κ3) is 3.52. The normalized spacial score (nSPS) is 11.2. The van der Waals surface area contributed by atoms with Crippen molar-refractivity contribution >= 4 is 29.3 Å². The minimum Gasteiger partial charge on any atom is -0.451 e. The molecule has 0 fully saturated rings. The smallest absolute Gasteiger partial charge is 0.289 e. The fourth-order valence-electron chi connectivity index (χ4n) is 2.05. The minimum atomic E-state index is -0.113. The highest BCUT2D eigenvalue weighted by Gasteiger charge is 2.23. The third-order valence-corrected chi connectivity index (χ3v) is 3.20. The number of fused-ring (bicyclic) bond motifs is 1. The summed E-state index contributed by atoms with van der Waals surface area (Å²) in [6, 6.07) is 9.38. The fourth-order valence-corrected chi connectivity index (χ4v) is 2.05. The van der Waals surface area contributed by atoms with Gasteiger partial charge in [-0.1, -0.05) is 32.0 Å². The maximum atomic E-state index is 12.3. The van der Waals surface area contributed by atoms with Crippen LogP contribution in [0.5, 0.6) is 0 Å². The Kier molecular flexibility index (Phi) is 5.20. The summed E-state index contributed by atoms with van der Waals surface area (Å²) < 4.78 is 5.58. The Morgan fingerprint density at radius 1 is 1.35 bits per heavy atom. The Morgan fingerprint density at radius 3 is 2.60 bits per heavy atom. The van der Waals surface area contributed by atoms with Crippen LogP contribution in [0.3, 0.4) is 0 Å². The lowest BCUT2D eigenvalue weighted by Gasteiger charge is -2.28. The Labute approximate surface area is 125 Å². The molecule has 2 rings (SSSR count). The van der Waals surface area contributed by atoms with Gasteiger partial charge in [-0.15, -0.1) is 12.4 Å². The van der Waals surface area contributed by atoms with Gasteiger partial charge in [0.25, 0.3) is 5.91 Å². The van der Waals surface area contributed by atoms with E-state index in [4.69, 9.17) is 10.2 Å². The summed E-state index contributed by atoms with van der Waals surface area (Å²) in [6.45, 7) is 5.20. The molecule has 4 nitrogen and oxygen atoms in total. The van der Waals surface area contributed by atoms with E-state index in [1.54, 1.807) is 18.0 Å². The Hall–Kier alpha value is -1.52. The van der Waals surface area contributed by atoms with Crippen LogP contribution < -0.4 is 5.73 Å².